The van der Waals surface area contributed by atoms with E-state index in [2.05, 4.69) is 14.9 Å². The van der Waals surface area contributed by atoms with Gasteiger partial charge in [0.05, 0.1) is 12.6 Å². The first-order valence-corrected chi connectivity index (χ1v) is 8.03. The minimum absolute atomic E-state index is 0.340. The number of benzene rings is 1. The summed E-state index contributed by atoms with van der Waals surface area (Å²) in [6.45, 7) is 2.90. The summed E-state index contributed by atoms with van der Waals surface area (Å²) in [7, 11) is 7.30. The zero-order valence-electron chi connectivity index (χ0n) is 15.0. The molecule has 2 rings (SSSR count). The maximum absolute atomic E-state index is 14.0. The Morgan fingerprint density at radius 1 is 1.38 bits per heavy atom. The second-order valence-electron chi connectivity index (χ2n) is 5.82. The quantitative estimate of drug-likeness (QED) is 0.623. The van der Waals surface area contributed by atoms with E-state index in [0.717, 1.165) is 35.9 Å². The van der Waals surface area contributed by atoms with Gasteiger partial charge in [-0.25, -0.2) is 9.38 Å². The summed E-state index contributed by atoms with van der Waals surface area (Å²) in [5.41, 5.74) is 1.80. The molecule has 1 heterocycles. The van der Waals surface area contributed by atoms with Crippen LogP contribution in [0.4, 0.5) is 4.39 Å². The summed E-state index contributed by atoms with van der Waals surface area (Å²) in [6, 6.07) is 2.92. The van der Waals surface area contributed by atoms with Gasteiger partial charge in [-0.15, -0.1) is 0 Å². The average Bonchev–Trinajstić information content (AvgIpc) is 2.91. The highest BCUT2D eigenvalue weighted by Crippen LogP contribution is 2.32. The van der Waals surface area contributed by atoms with Gasteiger partial charge in [-0.3, -0.25) is 9.56 Å². The summed E-state index contributed by atoms with van der Waals surface area (Å²) in [4.78, 5) is 10.8. The minimum Gasteiger partial charge on any atom is -0.496 e. The Hall–Kier alpha value is -2.21. The summed E-state index contributed by atoms with van der Waals surface area (Å²) in [5, 5.41) is 0.911. The van der Waals surface area contributed by atoms with Gasteiger partial charge in [-0.1, -0.05) is 6.92 Å². The second-order valence-corrected chi connectivity index (χ2v) is 5.82. The van der Waals surface area contributed by atoms with Crippen molar-refractivity contribution < 1.29 is 9.13 Å². The van der Waals surface area contributed by atoms with E-state index in [0.29, 0.717) is 11.7 Å². The third-order valence-corrected chi connectivity index (χ3v) is 3.76. The molecule has 1 aromatic carbocycles. The van der Waals surface area contributed by atoms with E-state index in [1.54, 1.807) is 20.4 Å². The van der Waals surface area contributed by atoms with Crippen LogP contribution in [-0.2, 0) is 6.42 Å². The van der Waals surface area contributed by atoms with Crippen LogP contribution in [0.1, 0.15) is 18.9 Å². The Bertz CT molecular complexity index is 762. The second kappa shape index (κ2) is 8.06. The van der Waals surface area contributed by atoms with Crippen molar-refractivity contribution in [2.24, 2.45) is 9.98 Å². The molecule has 0 bridgehead atoms. The van der Waals surface area contributed by atoms with Crippen molar-refractivity contribution in [2.45, 2.75) is 19.8 Å². The van der Waals surface area contributed by atoms with E-state index in [-0.39, 0.29) is 5.82 Å². The van der Waals surface area contributed by atoms with Crippen LogP contribution in [0.2, 0.25) is 0 Å². The summed E-state index contributed by atoms with van der Waals surface area (Å²) >= 11 is 0. The lowest BCUT2D eigenvalue weighted by Crippen LogP contribution is -2.15. The van der Waals surface area contributed by atoms with Crippen molar-refractivity contribution in [2.75, 3.05) is 34.8 Å². The lowest BCUT2D eigenvalue weighted by Gasteiger charge is -2.09. The zero-order chi connectivity index (χ0) is 17.7. The van der Waals surface area contributed by atoms with Crippen LogP contribution < -0.4 is 4.74 Å². The molecule has 0 saturated carbocycles. The normalized spacial score (nSPS) is 12.7. The molecule has 24 heavy (non-hydrogen) atoms. The van der Waals surface area contributed by atoms with Crippen LogP contribution in [0.5, 0.6) is 5.75 Å². The highest BCUT2D eigenvalue weighted by atomic mass is 19.1. The first kappa shape index (κ1) is 18.1. The van der Waals surface area contributed by atoms with E-state index >= 15 is 0 Å². The number of hydrogen-bond acceptors (Lipinski definition) is 3. The maximum Gasteiger partial charge on any atom is 0.228 e. The first-order chi connectivity index (χ1) is 11.5. The number of rotatable bonds is 5. The minimum atomic E-state index is -0.340. The van der Waals surface area contributed by atoms with Crippen molar-refractivity contribution in [3.8, 4) is 5.75 Å². The topological polar surface area (TPSA) is 42.1 Å². The fourth-order valence-electron chi connectivity index (χ4n) is 2.63. The molecule has 0 aliphatic carbocycles. The van der Waals surface area contributed by atoms with Crippen LogP contribution >= 0.6 is 0 Å². The molecule has 0 fully saturated rings. The highest BCUT2D eigenvalue weighted by Gasteiger charge is 2.17. The molecule has 2 aromatic rings. The largest absolute Gasteiger partial charge is 0.496 e. The van der Waals surface area contributed by atoms with Crippen molar-refractivity contribution >= 4 is 23.1 Å². The number of halogens is 1. The number of nitrogens with zero attached hydrogens (tertiary/aromatic N) is 4. The number of methoxy groups -OCH3 is 1. The molecule has 0 aliphatic rings. The van der Waals surface area contributed by atoms with Crippen LogP contribution in [0, 0.1) is 5.82 Å². The molecule has 0 unspecified atom stereocenters. The molecule has 0 N–H and O–H groups in total. The number of hydrogen-bond donors (Lipinski definition) is 0. The van der Waals surface area contributed by atoms with Gasteiger partial charge in [-0.05, 0) is 38.6 Å². The molecule has 0 spiro atoms. The third kappa shape index (κ3) is 3.82. The van der Waals surface area contributed by atoms with Crippen molar-refractivity contribution in [1.29, 1.82) is 0 Å². The van der Waals surface area contributed by atoms with Gasteiger partial charge >= 0.3 is 0 Å². The molecule has 5 nitrogen and oxygen atoms in total. The lowest BCUT2D eigenvalue weighted by atomic mass is 10.1. The van der Waals surface area contributed by atoms with Gasteiger partial charge in [0.1, 0.15) is 11.6 Å². The molecule has 1 aromatic heterocycles. The van der Waals surface area contributed by atoms with E-state index in [1.807, 2.05) is 31.8 Å². The van der Waals surface area contributed by atoms with Gasteiger partial charge in [0, 0.05) is 37.5 Å². The molecule has 130 valence electrons. The molecule has 0 aliphatic heterocycles. The van der Waals surface area contributed by atoms with Gasteiger partial charge in [0.2, 0.25) is 5.96 Å². The zero-order valence-corrected chi connectivity index (χ0v) is 15.0. The summed E-state index contributed by atoms with van der Waals surface area (Å²) in [6.07, 6.45) is 5.41. The van der Waals surface area contributed by atoms with Gasteiger partial charge < -0.3 is 9.64 Å². The average molecular weight is 332 g/mol. The number of ether oxygens (including phenoxy) is 1. The van der Waals surface area contributed by atoms with Gasteiger partial charge in [0.15, 0.2) is 0 Å². The number of fused-ring (bicyclic) bond motifs is 1. The summed E-state index contributed by atoms with van der Waals surface area (Å²) in [5.74, 6) is 0.728. The maximum atomic E-state index is 14.0. The molecular formula is C18H25FN4O. The Kier molecular flexibility index (Phi) is 6.09. The monoisotopic (exact) mass is 332 g/mol. The van der Waals surface area contributed by atoms with Crippen molar-refractivity contribution in [1.82, 2.24) is 9.47 Å². The standard InChI is InChI=1S/C18H25FN4O/c1-6-8-21-18(20-2)23-12-13(7-9-22(3)4)17-15(23)10-14(19)11-16(17)24-5/h8,10-12H,6-7,9H2,1-5H3/b20-18?,21-8-. The van der Waals surface area contributed by atoms with E-state index < -0.39 is 0 Å². The molecule has 0 amide bonds. The Morgan fingerprint density at radius 3 is 2.71 bits per heavy atom. The van der Waals surface area contributed by atoms with E-state index in [1.165, 1.54) is 12.1 Å². The molecular weight excluding hydrogens is 307 g/mol. The predicted octanol–water partition coefficient (Wildman–Crippen LogP) is 3.21. The molecule has 0 saturated heterocycles. The predicted molar refractivity (Wildman–Crippen MR) is 98.2 cm³/mol. The van der Waals surface area contributed by atoms with Gasteiger partial charge in [-0.2, -0.15) is 0 Å². The molecule has 6 heteroatoms. The smallest absolute Gasteiger partial charge is 0.228 e. The van der Waals surface area contributed by atoms with Crippen molar-refractivity contribution in [3.63, 3.8) is 0 Å². The first-order valence-electron chi connectivity index (χ1n) is 8.03. The SMILES string of the molecule is CC/C=N\C(=NC)n1cc(CCN(C)C)c2c(OC)cc(F)cc21. The lowest BCUT2D eigenvalue weighted by molar-refractivity contribution is 0.410. The van der Waals surface area contributed by atoms with Crippen LogP contribution in [-0.4, -0.2) is 56.4 Å². The number of aliphatic imine (C=N–C) groups is 2. The number of aromatic nitrogens is 1. The summed E-state index contributed by atoms with van der Waals surface area (Å²) < 4.78 is 21.3. The third-order valence-electron chi connectivity index (χ3n) is 3.76. The molecule has 0 atom stereocenters. The van der Waals surface area contributed by atoms with Crippen LogP contribution in [0.25, 0.3) is 10.9 Å². The van der Waals surface area contributed by atoms with Gasteiger partial charge in [0.25, 0.3) is 0 Å². The van der Waals surface area contributed by atoms with Crippen molar-refractivity contribution in [3.05, 3.63) is 29.7 Å². The fraction of sp³-hybridized carbons (Fsp3) is 0.444. The Balaban J connectivity index is 2.67. The van der Waals surface area contributed by atoms with Crippen LogP contribution in [0.3, 0.4) is 0 Å². The van der Waals surface area contributed by atoms with E-state index in [4.69, 9.17) is 4.74 Å². The highest BCUT2D eigenvalue weighted by molar-refractivity contribution is 6.00. The Morgan fingerprint density at radius 2 is 2.12 bits per heavy atom. The fourth-order valence-corrected chi connectivity index (χ4v) is 2.63. The number of likely N-dealkylation sites (N-methyl/N-ethyl adjacent to an activating group) is 1. The van der Waals surface area contributed by atoms with Crippen LogP contribution in [0.15, 0.2) is 28.3 Å². The Labute approximate surface area is 142 Å². The van der Waals surface area contributed by atoms with E-state index in [9.17, 15) is 4.39 Å². The molecule has 0 radical (unpaired) electrons.